The topological polar surface area (TPSA) is 96.0 Å². The molecule has 37 heavy (non-hydrogen) atoms. The largest absolute Gasteiger partial charge is 0.494 e. The van der Waals surface area contributed by atoms with E-state index in [1.165, 1.54) is 48.3 Å². The second-order valence-electron chi connectivity index (χ2n) is 8.19. The number of hydrogen-bond acceptors (Lipinski definition) is 5. The van der Waals surface area contributed by atoms with Crippen LogP contribution in [0.25, 0.3) is 0 Å². The number of nitrogens with zero attached hydrogens (tertiary/aromatic N) is 2. The molecule has 3 rings (SSSR count). The summed E-state index contributed by atoms with van der Waals surface area (Å²) >= 11 is 0. The predicted octanol–water partition coefficient (Wildman–Crippen LogP) is 3.58. The standard InChI is InChI=1S/C27H30FN3O5S/c1-4-36-24-14-16-25(17-15-24)37(34,35)31(23-8-6-5-7-9-23)19-26(32)30(20(2)27(33)29-3)18-21-10-12-22(28)13-11-21/h5-17,20H,4,18-19H2,1-3H3,(H,29,33)/t20-/m0/s1. The minimum atomic E-state index is -4.16. The number of anilines is 1. The maximum atomic E-state index is 13.7. The highest BCUT2D eigenvalue weighted by atomic mass is 32.2. The Kier molecular flexibility index (Phi) is 9.24. The Morgan fingerprint density at radius 1 is 0.973 bits per heavy atom. The van der Waals surface area contributed by atoms with Gasteiger partial charge in [-0.25, -0.2) is 12.8 Å². The van der Waals surface area contributed by atoms with E-state index in [-0.39, 0.29) is 11.4 Å². The van der Waals surface area contributed by atoms with E-state index in [2.05, 4.69) is 5.32 Å². The zero-order valence-electron chi connectivity index (χ0n) is 20.9. The van der Waals surface area contributed by atoms with Gasteiger partial charge in [0.05, 0.1) is 17.2 Å². The van der Waals surface area contributed by atoms with Gasteiger partial charge in [0.15, 0.2) is 0 Å². The van der Waals surface area contributed by atoms with E-state index >= 15 is 0 Å². The van der Waals surface area contributed by atoms with E-state index in [0.29, 0.717) is 23.6 Å². The lowest BCUT2D eigenvalue weighted by Gasteiger charge is -2.31. The quantitative estimate of drug-likeness (QED) is 0.411. The molecule has 0 saturated heterocycles. The van der Waals surface area contributed by atoms with Gasteiger partial charge in [-0.1, -0.05) is 30.3 Å². The number of halogens is 1. The number of sulfonamides is 1. The van der Waals surface area contributed by atoms with Crippen LogP contribution in [0.4, 0.5) is 10.1 Å². The van der Waals surface area contributed by atoms with Crippen molar-refractivity contribution in [2.45, 2.75) is 31.3 Å². The van der Waals surface area contributed by atoms with E-state index in [0.717, 1.165) is 4.31 Å². The lowest BCUT2D eigenvalue weighted by molar-refractivity contribution is -0.139. The van der Waals surface area contributed by atoms with Crippen molar-refractivity contribution in [1.29, 1.82) is 0 Å². The first kappa shape index (κ1) is 27.7. The van der Waals surface area contributed by atoms with Gasteiger partial charge in [-0.05, 0) is 67.9 Å². The molecule has 3 aromatic carbocycles. The van der Waals surface area contributed by atoms with Gasteiger partial charge in [0.25, 0.3) is 10.0 Å². The number of benzene rings is 3. The first-order valence-electron chi connectivity index (χ1n) is 11.7. The third kappa shape index (κ3) is 6.85. The van der Waals surface area contributed by atoms with Crippen LogP contribution in [0.2, 0.25) is 0 Å². The number of likely N-dealkylation sites (N-methyl/N-ethyl adjacent to an activating group) is 1. The summed E-state index contributed by atoms with van der Waals surface area (Å²) in [5.41, 5.74) is 0.880. The van der Waals surface area contributed by atoms with Gasteiger partial charge in [-0.3, -0.25) is 13.9 Å². The molecule has 196 valence electrons. The highest BCUT2D eigenvalue weighted by Gasteiger charge is 2.32. The van der Waals surface area contributed by atoms with Crippen LogP contribution in [-0.4, -0.2) is 51.4 Å². The first-order valence-corrected chi connectivity index (χ1v) is 13.2. The molecule has 8 nitrogen and oxygen atoms in total. The smallest absolute Gasteiger partial charge is 0.264 e. The molecular weight excluding hydrogens is 497 g/mol. The molecule has 0 bridgehead atoms. The summed E-state index contributed by atoms with van der Waals surface area (Å²) in [6.07, 6.45) is 0. The second-order valence-corrected chi connectivity index (χ2v) is 10.1. The number of ether oxygens (including phenoxy) is 1. The van der Waals surface area contributed by atoms with Crippen molar-refractivity contribution in [3.63, 3.8) is 0 Å². The number of carbonyl (C=O) groups is 2. The number of para-hydroxylation sites is 1. The average molecular weight is 528 g/mol. The number of nitrogens with one attached hydrogen (secondary N) is 1. The van der Waals surface area contributed by atoms with Gasteiger partial charge < -0.3 is 15.0 Å². The van der Waals surface area contributed by atoms with E-state index in [4.69, 9.17) is 4.74 Å². The SMILES string of the molecule is CCOc1ccc(S(=O)(=O)N(CC(=O)N(Cc2ccc(F)cc2)[C@@H](C)C(=O)NC)c2ccccc2)cc1. The lowest BCUT2D eigenvalue weighted by atomic mass is 10.1. The summed E-state index contributed by atoms with van der Waals surface area (Å²) in [5, 5.41) is 2.52. The van der Waals surface area contributed by atoms with Crippen molar-refractivity contribution >= 4 is 27.5 Å². The molecule has 0 radical (unpaired) electrons. The van der Waals surface area contributed by atoms with E-state index < -0.39 is 40.2 Å². The van der Waals surface area contributed by atoms with Crippen LogP contribution in [0.5, 0.6) is 5.75 Å². The summed E-state index contributed by atoms with van der Waals surface area (Å²) < 4.78 is 47.3. The molecule has 1 atom stereocenters. The van der Waals surface area contributed by atoms with Crippen molar-refractivity contribution in [1.82, 2.24) is 10.2 Å². The van der Waals surface area contributed by atoms with Gasteiger partial charge in [0, 0.05) is 13.6 Å². The normalized spacial score (nSPS) is 11.9. The fourth-order valence-electron chi connectivity index (χ4n) is 3.70. The second kappa shape index (κ2) is 12.4. The van der Waals surface area contributed by atoms with Gasteiger partial charge in [0.1, 0.15) is 24.2 Å². The molecule has 0 heterocycles. The van der Waals surface area contributed by atoms with Crippen molar-refractivity contribution in [3.8, 4) is 5.75 Å². The van der Waals surface area contributed by atoms with Gasteiger partial charge >= 0.3 is 0 Å². The lowest BCUT2D eigenvalue weighted by Crippen LogP contribution is -2.50. The molecule has 1 N–H and O–H groups in total. The Hall–Kier alpha value is -3.92. The third-order valence-corrected chi connectivity index (χ3v) is 7.51. The number of hydrogen-bond donors (Lipinski definition) is 1. The highest BCUT2D eigenvalue weighted by Crippen LogP contribution is 2.26. The zero-order chi connectivity index (χ0) is 27.0. The third-order valence-electron chi connectivity index (χ3n) is 5.73. The molecule has 0 fully saturated rings. The molecule has 10 heteroatoms. The van der Waals surface area contributed by atoms with Crippen LogP contribution in [0.1, 0.15) is 19.4 Å². The van der Waals surface area contributed by atoms with Gasteiger partial charge in [-0.15, -0.1) is 0 Å². The summed E-state index contributed by atoms with van der Waals surface area (Å²) in [6, 6.07) is 18.8. The Balaban J connectivity index is 1.98. The number of carbonyl (C=O) groups excluding carboxylic acids is 2. The summed E-state index contributed by atoms with van der Waals surface area (Å²) in [4.78, 5) is 27.3. The monoisotopic (exact) mass is 527 g/mol. The first-order chi connectivity index (χ1) is 17.7. The minimum absolute atomic E-state index is 0.0145. The number of rotatable bonds is 11. The predicted molar refractivity (Wildman–Crippen MR) is 139 cm³/mol. The highest BCUT2D eigenvalue weighted by molar-refractivity contribution is 7.92. The molecule has 0 unspecified atom stereocenters. The van der Waals surface area contributed by atoms with Crippen LogP contribution in [0, 0.1) is 5.82 Å². The maximum Gasteiger partial charge on any atom is 0.264 e. The van der Waals surface area contributed by atoms with E-state index in [9.17, 15) is 22.4 Å². The summed E-state index contributed by atoms with van der Waals surface area (Å²) in [5.74, 6) is -0.929. The van der Waals surface area contributed by atoms with Crippen molar-refractivity contribution in [2.75, 3.05) is 24.5 Å². The molecule has 0 spiro atoms. The van der Waals surface area contributed by atoms with E-state index in [1.807, 2.05) is 6.92 Å². The van der Waals surface area contributed by atoms with Crippen LogP contribution in [0.15, 0.2) is 83.8 Å². The van der Waals surface area contributed by atoms with Crippen molar-refractivity contribution in [3.05, 3.63) is 90.2 Å². The fraction of sp³-hybridized carbons (Fsp3) is 0.259. The fourth-order valence-corrected chi connectivity index (χ4v) is 5.12. The van der Waals surface area contributed by atoms with Gasteiger partial charge in [0.2, 0.25) is 11.8 Å². The summed E-state index contributed by atoms with van der Waals surface area (Å²) in [6.45, 7) is 3.24. The van der Waals surface area contributed by atoms with Crippen LogP contribution in [-0.2, 0) is 26.2 Å². The van der Waals surface area contributed by atoms with Crippen molar-refractivity contribution < 1.29 is 27.1 Å². The molecule has 0 aliphatic rings. The molecular formula is C27H30FN3O5S. The molecule has 2 amide bonds. The van der Waals surface area contributed by atoms with Crippen molar-refractivity contribution in [2.24, 2.45) is 0 Å². The van der Waals surface area contributed by atoms with Crippen LogP contribution < -0.4 is 14.4 Å². The minimum Gasteiger partial charge on any atom is -0.494 e. The maximum absolute atomic E-state index is 13.7. The average Bonchev–Trinajstić information content (AvgIpc) is 2.91. The zero-order valence-corrected chi connectivity index (χ0v) is 21.7. The Morgan fingerprint density at radius 2 is 1.59 bits per heavy atom. The molecule has 0 saturated carbocycles. The van der Waals surface area contributed by atoms with Crippen LogP contribution in [0.3, 0.4) is 0 Å². The Labute approximate surface area is 216 Å². The summed E-state index contributed by atoms with van der Waals surface area (Å²) in [7, 11) is -2.71. The molecule has 0 aliphatic heterocycles. The molecule has 0 aromatic heterocycles. The van der Waals surface area contributed by atoms with E-state index in [1.54, 1.807) is 49.4 Å². The number of amides is 2. The van der Waals surface area contributed by atoms with Gasteiger partial charge in [-0.2, -0.15) is 0 Å². The van der Waals surface area contributed by atoms with Crippen LogP contribution >= 0.6 is 0 Å². The molecule has 3 aromatic rings. The Bertz CT molecular complexity index is 1300. The molecule has 0 aliphatic carbocycles. The Morgan fingerprint density at radius 3 is 2.16 bits per heavy atom.